The van der Waals surface area contributed by atoms with Gasteiger partial charge < -0.3 is 14.6 Å². The molecule has 138 valence electrons. The Morgan fingerprint density at radius 1 is 1.22 bits per heavy atom. The van der Waals surface area contributed by atoms with Gasteiger partial charge in [0.15, 0.2) is 18.1 Å². The van der Waals surface area contributed by atoms with E-state index in [1.54, 1.807) is 42.5 Å². The zero-order valence-electron chi connectivity index (χ0n) is 14.7. The molecule has 0 atom stereocenters. The summed E-state index contributed by atoms with van der Waals surface area (Å²) in [5.74, 6) is -0.951. The number of hydrogen-bond acceptors (Lipinski definition) is 6. The maximum Gasteiger partial charge on any atom is 0.331 e. The van der Waals surface area contributed by atoms with Crippen LogP contribution in [0.15, 0.2) is 54.6 Å². The van der Waals surface area contributed by atoms with Gasteiger partial charge in [0, 0.05) is 11.8 Å². The number of para-hydroxylation sites is 1. The molecule has 0 aliphatic rings. The van der Waals surface area contributed by atoms with Crippen LogP contribution in [0.25, 0.3) is 6.08 Å². The largest absolute Gasteiger partial charge is 0.504 e. The van der Waals surface area contributed by atoms with Crippen LogP contribution in [0.3, 0.4) is 0 Å². The van der Waals surface area contributed by atoms with Crippen molar-refractivity contribution in [2.45, 2.75) is 0 Å². The maximum absolute atomic E-state index is 12.3. The third-order valence-electron chi connectivity index (χ3n) is 3.55. The second kappa shape index (κ2) is 9.63. The molecule has 0 aliphatic carbocycles. The molecule has 2 aromatic rings. The van der Waals surface area contributed by atoms with Gasteiger partial charge in [-0.3, -0.25) is 9.69 Å². The molecule has 0 radical (unpaired) electrons. The molecule has 0 aromatic heterocycles. The molecule has 0 unspecified atom stereocenters. The summed E-state index contributed by atoms with van der Waals surface area (Å²) in [6.07, 6.45) is 2.63. The Hall–Kier alpha value is -3.79. The Balaban J connectivity index is 1.95. The molecule has 7 heteroatoms. The summed E-state index contributed by atoms with van der Waals surface area (Å²) in [7, 11) is 1.42. The number of amides is 1. The zero-order valence-corrected chi connectivity index (χ0v) is 14.7. The van der Waals surface area contributed by atoms with Gasteiger partial charge in [-0.15, -0.1) is 0 Å². The SMILES string of the molecule is COc1cc(/C=C/C(=O)OCC(=O)N(CC#N)c2ccccc2)ccc1O. The predicted molar refractivity (Wildman–Crippen MR) is 99.1 cm³/mol. The number of carbonyl (C=O) groups is 2. The highest BCUT2D eigenvalue weighted by Gasteiger charge is 2.16. The van der Waals surface area contributed by atoms with Gasteiger partial charge in [-0.1, -0.05) is 24.3 Å². The van der Waals surface area contributed by atoms with Crippen LogP contribution in [0.4, 0.5) is 5.69 Å². The number of hydrogen-bond donors (Lipinski definition) is 1. The van der Waals surface area contributed by atoms with Crippen LogP contribution >= 0.6 is 0 Å². The molecule has 27 heavy (non-hydrogen) atoms. The topological polar surface area (TPSA) is 99.9 Å². The van der Waals surface area contributed by atoms with Gasteiger partial charge in [-0.05, 0) is 35.9 Å². The molecular formula is C20H18N2O5. The Morgan fingerprint density at radius 2 is 1.96 bits per heavy atom. The number of carbonyl (C=O) groups excluding carboxylic acids is 2. The fraction of sp³-hybridized carbons (Fsp3) is 0.150. The van der Waals surface area contributed by atoms with Gasteiger partial charge in [-0.25, -0.2) is 4.79 Å². The van der Waals surface area contributed by atoms with Gasteiger partial charge >= 0.3 is 5.97 Å². The first-order valence-electron chi connectivity index (χ1n) is 7.99. The number of esters is 1. The number of nitrogens with zero attached hydrogens (tertiary/aromatic N) is 2. The van der Waals surface area contributed by atoms with Crippen LogP contribution < -0.4 is 9.64 Å². The van der Waals surface area contributed by atoms with Crippen molar-refractivity contribution in [3.8, 4) is 17.6 Å². The highest BCUT2D eigenvalue weighted by atomic mass is 16.5. The summed E-state index contributed by atoms with van der Waals surface area (Å²) in [6.45, 7) is -0.637. The van der Waals surface area contributed by atoms with Crippen LogP contribution in [0.5, 0.6) is 11.5 Å². The summed E-state index contributed by atoms with van der Waals surface area (Å²) in [4.78, 5) is 25.3. The van der Waals surface area contributed by atoms with E-state index in [9.17, 15) is 14.7 Å². The lowest BCUT2D eigenvalue weighted by molar-refractivity contribution is -0.142. The van der Waals surface area contributed by atoms with Crippen molar-refractivity contribution in [3.63, 3.8) is 0 Å². The molecule has 0 saturated carbocycles. The first-order chi connectivity index (χ1) is 13.0. The number of rotatable bonds is 7. The van der Waals surface area contributed by atoms with Crippen LogP contribution in [0, 0.1) is 11.3 Å². The highest BCUT2D eigenvalue weighted by molar-refractivity contribution is 5.96. The molecule has 1 amide bonds. The maximum atomic E-state index is 12.3. The third kappa shape index (κ3) is 5.61. The van der Waals surface area contributed by atoms with Crippen LogP contribution in [0.2, 0.25) is 0 Å². The smallest absolute Gasteiger partial charge is 0.331 e. The fourth-order valence-electron chi connectivity index (χ4n) is 2.22. The Labute approximate surface area is 156 Å². The molecule has 0 heterocycles. The van der Waals surface area contributed by atoms with E-state index >= 15 is 0 Å². The number of methoxy groups -OCH3 is 1. The normalized spacial score (nSPS) is 10.2. The lowest BCUT2D eigenvalue weighted by Gasteiger charge is -2.19. The molecule has 0 saturated heterocycles. The van der Waals surface area contributed by atoms with Crippen molar-refractivity contribution in [1.29, 1.82) is 5.26 Å². The van der Waals surface area contributed by atoms with Gasteiger partial charge in [-0.2, -0.15) is 5.26 Å². The standard InChI is InChI=1S/C20H18N2O5/c1-26-18-13-15(7-9-17(18)23)8-10-20(25)27-14-19(24)22(12-11-21)16-5-3-2-4-6-16/h2-10,13,23H,12,14H2,1H3/b10-8+. The lowest BCUT2D eigenvalue weighted by atomic mass is 10.2. The van der Waals surface area contributed by atoms with Crippen molar-refractivity contribution in [2.75, 3.05) is 25.2 Å². The molecular weight excluding hydrogens is 348 g/mol. The van der Waals surface area contributed by atoms with E-state index in [2.05, 4.69) is 0 Å². The third-order valence-corrected chi connectivity index (χ3v) is 3.55. The number of ether oxygens (including phenoxy) is 2. The van der Waals surface area contributed by atoms with E-state index in [1.807, 2.05) is 6.07 Å². The number of benzene rings is 2. The first kappa shape index (κ1) is 19.5. The average molecular weight is 366 g/mol. The van der Waals surface area contributed by atoms with E-state index in [4.69, 9.17) is 14.7 Å². The number of phenols is 1. The van der Waals surface area contributed by atoms with Gasteiger partial charge in [0.1, 0.15) is 6.54 Å². The molecule has 0 aliphatic heterocycles. The van der Waals surface area contributed by atoms with Gasteiger partial charge in [0.2, 0.25) is 0 Å². The quantitative estimate of drug-likeness (QED) is 0.459. The van der Waals surface area contributed by atoms with Gasteiger partial charge in [0.05, 0.1) is 13.2 Å². The minimum atomic E-state index is -0.708. The van der Waals surface area contributed by atoms with Crippen LogP contribution in [0.1, 0.15) is 5.56 Å². The fourth-order valence-corrected chi connectivity index (χ4v) is 2.22. The summed E-state index contributed by atoms with van der Waals surface area (Å²) in [5, 5.41) is 18.4. The predicted octanol–water partition coefficient (Wildman–Crippen LogP) is 2.51. The Morgan fingerprint density at radius 3 is 2.63 bits per heavy atom. The summed E-state index contributed by atoms with van der Waals surface area (Å²) in [6, 6.07) is 15.2. The van der Waals surface area contributed by atoms with Crippen molar-refractivity contribution in [3.05, 3.63) is 60.2 Å². The van der Waals surface area contributed by atoms with Gasteiger partial charge in [0.25, 0.3) is 5.91 Å². The van der Waals surface area contributed by atoms with E-state index in [-0.39, 0.29) is 18.0 Å². The minimum Gasteiger partial charge on any atom is -0.504 e. The number of anilines is 1. The van der Waals surface area contributed by atoms with E-state index in [1.165, 1.54) is 24.2 Å². The monoisotopic (exact) mass is 366 g/mol. The molecule has 1 N–H and O–H groups in total. The Kier molecular flexibility index (Phi) is 6.97. The molecule has 7 nitrogen and oxygen atoms in total. The van der Waals surface area contributed by atoms with Crippen LogP contribution in [-0.4, -0.2) is 37.2 Å². The second-order valence-corrected chi connectivity index (χ2v) is 5.35. The number of phenolic OH excluding ortho intramolecular Hbond substituents is 1. The Bertz CT molecular complexity index is 872. The molecule has 0 bridgehead atoms. The van der Waals surface area contributed by atoms with E-state index in [0.29, 0.717) is 11.3 Å². The van der Waals surface area contributed by atoms with E-state index < -0.39 is 18.5 Å². The summed E-state index contributed by atoms with van der Waals surface area (Å²) in [5.41, 5.74) is 1.16. The molecule has 2 rings (SSSR count). The molecule has 0 spiro atoms. The lowest BCUT2D eigenvalue weighted by Crippen LogP contribution is -2.34. The second-order valence-electron chi connectivity index (χ2n) is 5.35. The number of aromatic hydroxyl groups is 1. The number of nitriles is 1. The first-order valence-corrected chi connectivity index (χ1v) is 7.99. The minimum absolute atomic E-state index is 0.0127. The van der Waals surface area contributed by atoms with Crippen molar-refractivity contribution < 1.29 is 24.2 Å². The summed E-state index contributed by atoms with van der Waals surface area (Å²) >= 11 is 0. The van der Waals surface area contributed by atoms with E-state index in [0.717, 1.165) is 6.08 Å². The van der Waals surface area contributed by atoms with Crippen molar-refractivity contribution in [2.24, 2.45) is 0 Å². The van der Waals surface area contributed by atoms with Crippen LogP contribution in [-0.2, 0) is 14.3 Å². The zero-order chi connectivity index (χ0) is 19.6. The molecule has 0 fully saturated rings. The summed E-state index contributed by atoms with van der Waals surface area (Å²) < 4.78 is 9.93. The molecule has 2 aromatic carbocycles. The van der Waals surface area contributed by atoms with Crippen molar-refractivity contribution in [1.82, 2.24) is 0 Å². The van der Waals surface area contributed by atoms with Crippen molar-refractivity contribution >= 4 is 23.6 Å². The average Bonchev–Trinajstić information content (AvgIpc) is 2.70. The highest BCUT2D eigenvalue weighted by Crippen LogP contribution is 2.26.